The van der Waals surface area contributed by atoms with Crippen LogP contribution in [0, 0.1) is 0 Å². The molecule has 1 saturated heterocycles. The highest BCUT2D eigenvalue weighted by Crippen LogP contribution is 2.23. The smallest absolute Gasteiger partial charge is 0.226 e. The zero-order valence-electron chi connectivity index (χ0n) is 11.7. The topological polar surface area (TPSA) is 32.3 Å². The summed E-state index contributed by atoms with van der Waals surface area (Å²) in [4.78, 5) is 13.5. The molecule has 2 rings (SSSR count). The predicted molar refractivity (Wildman–Crippen MR) is 82.8 cm³/mol. The van der Waals surface area contributed by atoms with Gasteiger partial charge in [0, 0.05) is 25.8 Å². The van der Waals surface area contributed by atoms with Crippen molar-refractivity contribution in [3.63, 3.8) is 0 Å². The Kier molecular flexibility index (Phi) is 5.14. The van der Waals surface area contributed by atoms with E-state index in [0.717, 1.165) is 11.3 Å². The van der Waals surface area contributed by atoms with Crippen molar-refractivity contribution in [3.8, 4) is 0 Å². The molecule has 4 heteroatoms. The molecule has 0 radical (unpaired) electrons. The minimum atomic E-state index is 0.147. The summed E-state index contributed by atoms with van der Waals surface area (Å²) in [7, 11) is 3.60. The summed E-state index contributed by atoms with van der Waals surface area (Å²) >= 11 is 2.03. The highest BCUT2D eigenvalue weighted by atomic mass is 32.2. The standard InChI is InChI=1S/C15H22N2OS/c1-17(2)15(18)11-12-5-3-4-6-14(12)16-13-7-9-19-10-8-13/h3-6,13,16H,7-11H2,1-2H3. The van der Waals surface area contributed by atoms with Crippen molar-refractivity contribution in [2.24, 2.45) is 0 Å². The number of nitrogens with zero attached hydrogens (tertiary/aromatic N) is 1. The summed E-state index contributed by atoms with van der Waals surface area (Å²) in [6.45, 7) is 0. The molecule has 1 amide bonds. The van der Waals surface area contributed by atoms with Crippen molar-refractivity contribution in [1.82, 2.24) is 4.90 Å². The maximum Gasteiger partial charge on any atom is 0.226 e. The lowest BCUT2D eigenvalue weighted by Gasteiger charge is -2.25. The van der Waals surface area contributed by atoms with E-state index in [0.29, 0.717) is 12.5 Å². The van der Waals surface area contributed by atoms with Crippen LogP contribution in [0.15, 0.2) is 24.3 Å². The second kappa shape index (κ2) is 6.85. The first-order valence-electron chi connectivity index (χ1n) is 6.79. The number of amides is 1. The molecule has 0 aromatic heterocycles. The first kappa shape index (κ1) is 14.3. The number of likely N-dealkylation sites (N-methyl/N-ethyl adjacent to an activating group) is 1. The van der Waals surface area contributed by atoms with Gasteiger partial charge >= 0.3 is 0 Å². The van der Waals surface area contributed by atoms with E-state index >= 15 is 0 Å². The maximum atomic E-state index is 11.9. The van der Waals surface area contributed by atoms with Crippen LogP contribution in [0.5, 0.6) is 0 Å². The molecule has 0 bridgehead atoms. The Morgan fingerprint density at radius 2 is 2.00 bits per heavy atom. The van der Waals surface area contributed by atoms with Crippen molar-refractivity contribution in [2.75, 3.05) is 30.9 Å². The largest absolute Gasteiger partial charge is 0.382 e. The molecule has 0 atom stereocenters. The number of hydrogen-bond acceptors (Lipinski definition) is 3. The quantitative estimate of drug-likeness (QED) is 0.919. The average molecular weight is 278 g/mol. The van der Waals surface area contributed by atoms with Crippen LogP contribution < -0.4 is 5.32 Å². The Morgan fingerprint density at radius 3 is 2.68 bits per heavy atom. The Labute approximate surface area is 119 Å². The van der Waals surface area contributed by atoms with E-state index in [1.807, 2.05) is 30.0 Å². The van der Waals surface area contributed by atoms with Crippen LogP contribution in [-0.2, 0) is 11.2 Å². The summed E-state index contributed by atoms with van der Waals surface area (Å²) in [6, 6.07) is 8.71. The van der Waals surface area contributed by atoms with Crippen molar-refractivity contribution < 1.29 is 4.79 Å². The monoisotopic (exact) mass is 278 g/mol. The van der Waals surface area contributed by atoms with Crippen LogP contribution in [0.25, 0.3) is 0 Å². The van der Waals surface area contributed by atoms with E-state index in [1.54, 1.807) is 19.0 Å². The molecule has 0 aliphatic carbocycles. The highest BCUT2D eigenvalue weighted by Gasteiger charge is 2.15. The van der Waals surface area contributed by atoms with E-state index in [-0.39, 0.29) is 5.91 Å². The Bertz CT molecular complexity index is 428. The van der Waals surface area contributed by atoms with Gasteiger partial charge in [-0.15, -0.1) is 0 Å². The van der Waals surface area contributed by atoms with Gasteiger partial charge in [-0.25, -0.2) is 0 Å². The highest BCUT2D eigenvalue weighted by molar-refractivity contribution is 7.99. The lowest BCUT2D eigenvalue weighted by Crippen LogP contribution is -2.27. The maximum absolute atomic E-state index is 11.9. The summed E-state index contributed by atoms with van der Waals surface area (Å²) in [5.41, 5.74) is 2.22. The van der Waals surface area contributed by atoms with Crippen LogP contribution in [0.3, 0.4) is 0 Å². The van der Waals surface area contributed by atoms with Gasteiger partial charge in [0.05, 0.1) is 6.42 Å². The Hall–Kier alpha value is -1.16. The molecular formula is C15H22N2OS. The van der Waals surface area contributed by atoms with Crippen molar-refractivity contribution in [3.05, 3.63) is 29.8 Å². The SMILES string of the molecule is CN(C)C(=O)Cc1ccccc1NC1CCSCC1. The minimum absolute atomic E-state index is 0.147. The van der Waals surface area contributed by atoms with Gasteiger partial charge in [0.1, 0.15) is 0 Å². The van der Waals surface area contributed by atoms with Gasteiger partial charge in [-0.05, 0) is 36.0 Å². The molecule has 104 valence electrons. The van der Waals surface area contributed by atoms with Crippen molar-refractivity contribution in [1.29, 1.82) is 0 Å². The fourth-order valence-corrected chi connectivity index (χ4v) is 3.30. The number of anilines is 1. The normalized spacial score (nSPS) is 16.1. The average Bonchev–Trinajstić information content (AvgIpc) is 2.42. The first-order valence-corrected chi connectivity index (χ1v) is 7.94. The molecule has 1 aromatic carbocycles. The molecular weight excluding hydrogens is 256 g/mol. The van der Waals surface area contributed by atoms with E-state index in [1.165, 1.54) is 24.3 Å². The summed E-state index contributed by atoms with van der Waals surface area (Å²) < 4.78 is 0. The van der Waals surface area contributed by atoms with Gasteiger partial charge in [-0.3, -0.25) is 4.79 Å². The first-order chi connectivity index (χ1) is 9.16. The molecule has 19 heavy (non-hydrogen) atoms. The predicted octanol–water partition coefficient (Wildman–Crippen LogP) is 2.62. The van der Waals surface area contributed by atoms with Gasteiger partial charge in [0.25, 0.3) is 0 Å². The van der Waals surface area contributed by atoms with Crippen LogP contribution in [0.4, 0.5) is 5.69 Å². The molecule has 1 N–H and O–H groups in total. The van der Waals surface area contributed by atoms with Crippen LogP contribution in [0.2, 0.25) is 0 Å². The lowest BCUT2D eigenvalue weighted by molar-refractivity contribution is -0.127. The number of para-hydroxylation sites is 1. The molecule has 0 unspecified atom stereocenters. The number of benzene rings is 1. The van der Waals surface area contributed by atoms with Gasteiger partial charge in [0.15, 0.2) is 0 Å². The molecule has 1 aliphatic rings. The fraction of sp³-hybridized carbons (Fsp3) is 0.533. The van der Waals surface area contributed by atoms with E-state index < -0.39 is 0 Å². The third-order valence-electron chi connectivity index (χ3n) is 3.44. The third-order valence-corrected chi connectivity index (χ3v) is 4.49. The molecule has 0 spiro atoms. The Morgan fingerprint density at radius 1 is 1.32 bits per heavy atom. The lowest BCUT2D eigenvalue weighted by atomic mass is 10.1. The number of thioether (sulfide) groups is 1. The van der Waals surface area contributed by atoms with Gasteiger partial charge in [-0.1, -0.05) is 18.2 Å². The third kappa shape index (κ3) is 4.16. The van der Waals surface area contributed by atoms with E-state index in [4.69, 9.17) is 0 Å². The Balaban J connectivity index is 2.05. The van der Waals surface area contributed by atoms with Crippen molar-refractivity contribution >= 4 is 23.4 Å². The van der Waals surface area contributed by atoms with Crippen LogP contribution in [-0.4, -0.2) is 42.4 Å². The van der Waals surface area contributed by atoms with Crippen molar-refractivity contribution in [2.45, 2.75) is 25.3 Å². The minimum Gasteiger partial charge on any atom is -0.382 e. The summed E-state index contributed by atoms with van der Waals surface area (Å²) in [5.74, 6) is 2.61. The number of rotatable bonds is 4. The molecule has 1 aliphatic heterocycles. The molecule has 0 saturated carbocycles. The number of hydrogen-bond donors (Lipinski definition) is 1. The zero-order chi connectivity index (χ0) is 13.7. The molecule has 3 nitrogen and oxygen atoms in total. The number of nitrogens with one attached hydrogen (secondary N) is 1. The van der Waals surface area contributed by atoms with Gasteiger partial charge in [-0.2, -0.15) is 11.8 Å². The second-order valence-electron chi connectivity index (χ2n) is 5.15. The van der Waals surface area contributed by atoms with Gasteiger partial charge in [0.2, 0.25) is 5.91 Å². The zero-order valence-corrected chi connectivity index (χ0v) is 12.5. The van der Waals surface area contributed by atoms with Gasteiger partial charge < -0.3 is 10.2 Å². The summed E-state index contributed by atoms with van der Waals surface area (Å²) in [5, 5.41) is 3.61. The molecule has 1 fully saturated rings. The van der Waals surface area contributed by atoms with E-state index in [9.17, 15) is 4.79 Å². The van der Waals surface area contributed by atoms with Crippen LogP contribution >= 0.6 is 11.8 Å². The van der Waals surface area contributed by atoms with Crippen LogP contribution in [0.1, 0.15) is 18.4 Å². The summed E-state index contributed by atoms with van der Waals surface area (Å²) in [6.07, 6.45) is 2.89. The number of carbonyl (C=O) groups excluding carboxylic acids is 1. The second-order valence-corrected chi connectivity index (χ2v) is 6.38. The van der Waals surface area contributed by atoms with E-state index in [2.05, 4.69) is 11.4 Å². The number of carbonyl (C=O) groups is 1. The molecule has 1 heterocycles. The fourth-order valence-electron chi connectivity index (χ4n) is 2.20. The molecule has 1 aromatic rings.